The van der Waals surface area contributed by atoms with Crippen molar-refractivity contribution in [3.63, 3.8) is 0 Å². The smallest absolute Gasteiger partial charge is 0.247 e. The van der Waals surface area contributed by atoms with Crippen molar-refractivity contribution >= 4 is 85.6 Å². The van der Waals surface area contributed by atoms with Crippen molar-refractivity contribution in [1.82, 2.24) is 45.9 Å². The van der Waals surface area contributed by atoms with Gasteiger partial charge in [-0.15, -0.1) is 22.7 Å². The molecule has 512 valence electrons. The lowest BCUT2D eigenvalue weighted by atomic mass is 9.75. The Kier molecular flexibility index (Phi) is 28.3. The van der Waals surface area contributed by atoms with E-state index in [2.05, 4.69) is 38.8 Å². The molecule has 0 spiro atoms. The van der Waals surface area contributed by atoms with E-state index in [1.54, 1.807) is 23.8 Å². The second kappa shape index (κ2) is 36.4. The van der Waals surface area contributed by atoms with Crippen LogP contribution in [-0.4, -0.2) is 154 Å². The van der Waals surface area contributed by atoms with Gasteiger partial charge in [0.2, 0.25) is 41.4 Å². The summed E-state index contributed by atoms with van der Waals surface area (Å²) in [4.78, 5) is 139. The molecule has 1 unspecified atom stereocenters. The van der Waals surface area contributed by atoms with Gasteiger partial charge in [-0.3, -0.25) is 43.2 Å². The number of likely N-dealkylation sites (N-methyl/N-ethyl adjacent to an activating group) is 1. The molecule has 1 saturated carbocycles. The summed E-state index contributed by atoms with van der Waals surface area (Å²) < 4.78 is 0. The monoisotopic (exact) mass is 1330 g/mol. The number of hydrogen-bond acceptors (Lipinski definition) is 15. The first-order valence-corrected chi connectivity index (χ1v) is 36.7. The quantitative estimate of drug-likeness (QED) is 0.0238. The first kappa shape index (κ1) is 73.1. The molecule has 22 heteroatoms. The van der Waals surface area contributed by atoms with E-state index in [-0.39, 0.29) is 89.6 Å². The topological polar surface area (TPSA) is 261 Å². The molecule has 3 aliphatic heterocycles. The number of likely N-dealkylation sites (tertiary alicyclic amines) is 3. The zero-order valence-corrected chi connectivity index (χ0v) is 58.2. The molecule has 4 aromatic rings. The van der Waals surface area contributed by atoms with Crippen molar-refractivity contribution in [3.8, 4) is 22.5 Å². The van der Waals surface area contributed by atoms with Crippen LogP contribution in [0, 0.1) is 23.7 Å². The van der Waals surface area contributed by atoms with Crippen LogP contribution in [-0.2, 0) is 56.0 Å². The van der Waals surface area contributed by atoms with Crippen LogP contribution >= 0.6 is 22.7 Å². The second-order valence-electron chi connectivity index (χ2n) is 26.5. The van der Waals surface area contributed by atoms with E-state index in [1.165, 1.54) is 22.7 Å². The number of nitrogens with one attached hydrogen (secondary N) is 6. The highest BCUT2D eigenvalue weighted by atomic mass is 32.1. The number of carbonyl (C=O) groups excluding carboxylic acids is 9. The summed E-state index contributed by atoms with van der Waals surface area (Å²) in [6, 6.07) is 15.8. The number of ketones is 2. The SMILES string of the molecule is CCCC(=O)Cc1nc(-c2ccccc2)c(NC(=O)[C@@H]2CCCN2C(=O)[C@@H](NC(=O)[C@H](C)CC)C2CCN(C(=O)CCCCCCCNC(C)C3CCC([C@H](NC(=O)[C@H](C)NC)C(=O)N4CCC[C@H]4C(=O)Nc4sc(CC(=O)CCC)nc4-c4ccccc4)CC3)CC2)s1. The Morgan fingerprint density at radius 1 is 0.543 bits per heavy atom. The fraction of sp³-hybridized carbons (Fsp3) is 0.625. The molecule has 6 N–H and O–H groups in total. The molecule has 0 bridgehead atoms. The van der Waals surface area contributed by atoms with E-state index in [1.807, 2.05) is 93.3 Å². The number of Topliss-reactive ketones (excluding diaryl/α,β-unsaturated/α-hetero) is 2. The summed E-state index contributed by atoms with van der Waals surface area (Å²) in [6.07, 6.45) is 15.3. The van der Waals surface area contributed by atoms with Gasteiger partial charge in [0.1, 0.15) is 67.1 Å². The van der Waals surface area contributed by atoms with Gasteiger partial charge in [-0.05, 0) is 142 Å². The molecule has 94 heavy (non-hydrogen) atoms. The average molecular weight is 1330 g/mol. The van der Waals surface area contributed by atoms with Crippen LogP contribution < -0.4 is 31.9 Å². The largest absolute Gasteiger partial charge is 0.344 e. The van der Waals surface area contributed by atoms with Crippen molar-refractivity contribution in [3.05, 3.63) is 70.7 Å². The third kappa shape index (κ3) is 19.9. The molecule has 7 atom stereocenters. The van der Waals surface area contributed by atoms with Gasteiger partial charge >= 0.3 is 0 Å². The Morgan fingerprint density at radius 3 is 1.48 bits per heavy atom. The van der Waals surface area contributed by atoms with Crippen molar-refractivity contribution in [1.29, 1.82) is 0 Å². The molecule has 8 rings (SSSR count). The van der Waals surface area contributed by atoms with Crippen LogP contribution in [0.1, 0.15) is 186 Å². The summed E-state index contributed by atoms with van der Waals surface area (Å²) in [5, 5.41) is 21.5. The number of hydrogen-bond donors (Lipinski definition) is 6. The van der Waals surface area contributed by atoms with Gasteiger partial charge in [0.15, 0.2) is 0 Å². The third-order valence-corrected chi connectivity index (χ3v) is 21.7. The van der Waals surface area contributed by atoms with Crippen molar-refractivity contribution in [2.45, 2.75) is 225 Å². The molecule has 7 amide bonds. The Bertz CT molecular complexity index is 3180. The molecule has 5 heterocycles. The summed E-state index contributed by atoms with van der Waals surface area (Å²) in [5.41, 5.74) is 2.82. The van der Waals surface area contributed by atoms with E-state index in [0.29, 0.717) is 128 Å². The molecule has 4 aliphatic rings. The number of rotatable bonds is 34. The predicted octanol–water partition coefficient (Wildman–Crippen LogP) is 10.3. The number of carbonyl (C=O) groups is 9. The summed E-state index contributed by atoms with van der Waals surface area (Å²) in [7, 11) is 1.72. The Hall–Kier alpha value is -6.75. The average Bonchev–Trinajstić information content (AvgIpc) is 1.57. The Morgan fingerprint density at radius 2 is 1.00 bits per heavy atom. The van der Waals surface area contributed by atoms with E-state index in [9.17, 15) is 43.2 Å². The van der Waals surface area contributed by atoms with Gasteiger partial charge < -0.3 is 46.6 Å². The van der Waals surface area contributed by atoms with Crippen LogP contribution in [0.2, 0.25) is 0 Å². The van der Waals surface area contributed by atoms with Crippen LogP contribution in [0.25, 0.3) is 22.5 Å². The van der Waals surface area contributed by atoms with Gasteiger partial charge in [0.25, 0.3) is 0 Å². The maximum Gasteiger partial charge on any atom is 0.247 e. The van der Waals surface area contributed by atoms with Gasteiger partial charge in [-0.25, -0.2) is 9.97 Å². The number of aromatic nitrogens is 2. The predicted molar refractivity (Wildman–Crippen MR) is 371 cm³/mol. The summed E-state index contributed by atoms with van der Waals surface area (Å²) >= 11 is 2.59. The standard InChI is InChI=1S/C72H103N11O9S2/c1-8-24-54(84)44-58-75-61(50-26-16-14-17-27-50)69(93-58)79-67(89)56-30-22-40-82(56)71(91)63(78-66(88)48(6)73-7)52-35-33-49(34-36-52)47(5)74-39-21-13-11-12-20-32-60(86)81-42-37-53(38-43-81)64(77-65(87)46(4)10-3)72(92)83-41-23-31-57(83)68(90)80-70-62(51-28-18-15-19-29-51)76-59(94-70)45-55(85)25-9-2/h14-19,26-29,46-49,52-53,56-57,63-64,73-74H,8-13,20-25,30-45H2,1-7H3,(H,77,87)(H,78,88)(H,79,89)(H,80,90)/t46-,47?,48+,49?,52?,56+,57+,63+,64+/m1/s1. The van der Waals surface area contributed by atoms with E-state index in [4.69, 9.17) is 9.97 Å². The summed E-state index contributed by atoms with van der Waals surface area (Å²) in [6.45, 7) is 14.4. The molecule has 0 radical (unpaired) electrons. The van der Waals surface area contributed by atoms with Crippen LogP contribution in [0.3, 0.4) is 0 Å². The summed E-state index contributed by atoms with van der Waals surface area (Å²) in [5.74, 6) is -1.51. The number of amides is 7. The minimum atomic E-state index is -0.836. The molecule has 1 aliphatic carbocycles. The van der Waals surface area contributed by atoms with Crippen LogP contribution in [0.5, 0.6) is 0 Å². The highest BCUT2D eigenvalue weighted by molar-refractivity contribution is 7.17. The number of nitrogens with zero attached hydrogens (tertiary/aromatic N) is 5. The lowest BCUT2D eigenvalue weighted by molar-refractivity contribution is -0.143. The van der Waals surface area contributed by atoms with Crippen LogP contribution in [0.15, 0.2) is 60.7 Å². The maximum atomic E-state index is 14.8. The fourth-order valence-corrected chi connectivity index (χ4v) is 15.8. The van der Waals surface area contributed by atoms with E-state index < -0.39 is 30.2 Å². The highest BCUT2D eigenvalue weighted by Gasteiger charge is 2.44. The fourth-order valence-electron chi connectivity index (χ4n) is 13.8. The number of unbranched alkanes of at least 4 members (excludes halogenated alkanes) is 4. The van der Waals surface area contributed by atoms with Crippen molar-refractivity contribution in [2.24, 2.45) is 23.7 Å². The number of benzene rings is 2. The number of piperidine rings is 1. The normalized spacial score (nSPS) is 20.0. The zero-order valence-electron chi connectivity index (χ0n) is 56.6. The second-order valence-corrected chi connectivity index (χ2v) is 28.7. The van der Waals surface area contributed by atoms with E-state index in [0.717, 1.165) is 88.3 Å². The number of anilines is 2. The maximum absolute atomic E-state index is 14.8. The van der Waals surface area contributed by atoms with Gasteiger partial charge in [-0.1, -0.05) is 108 Å². The number of thiazole rings is 2. The van der Waals surface area contributed by atoms with Gasteiger partial charge in [0, 0.05) is 68.5 Å². The molecule has 4 fully saturated rings. The molecular weight excluding hydrogens is 1230 g/mol. The van der Waals surface area contributed by atoms with Crippen molar-refractivity contribution < 1.29 is 43.2 Å². The van der Waals surface area contributed by atoms with Crippen LogP contribution in [0.4, 0.5) is 10.0 Å². The highest BCUT2D eigenvalue weighted by Crippen LogP contribution is 2.39. The van der Waals surface area contributed by atoms with E-state index >= 15 is 0 Å². The third-order valence-electron chi connectivity index (χ3n) is 19.7. The minimum absolute atomic E-state index is 0.0859. The first-order chi connectivity index (χ1) is 45.4. The van der Waals surface area contributed by atoms with Gasteiger partial charge in [-0.2, -0.15) is 0 Å². The van der Waals surface area contributed by atoms with Gasteiger partial charge in [0.05, 0.1) is 18.9 Å². The lowest BCUT2D eigenvalue weighted by Crippen LogP contribution is -2.58. The molecular formula is C72H103N11O9S2. The molecule has 2 aromatic carbocycles. The lowest BCUT2D eigenvalue weighted by Gasteiger charge is -2.38. The Balaban J connectivity index is 0.763. The molecule has 3 saturated heterocycles. The minimum Gasteiger partial charge on any atom is -0.344 e. The zero-order chi connectivity index (χ0) is 67.3. The van der Waals surface area contributed by atoms with Crippen molar-refractivity contribution in [2.75, 3.05) is 50.4 Å². The first-order valence-electron chi connectivity index (χ1n) is 35.1. The molecule has 20 nitrogen and oxygen atoms in total. The Labute approximate surface area is 564 Å². The molecule has 2 aromatic heterocycles.